The number of benzene rings is 1. The molecule has 1 heterocycles. The highest BCUT2D eigenvalue weighted by Gasteiger charge is 2.10. The molecule has 0 unspecified atom stereocenters. The average molecular weight is 344 g/mol. The molecule has 6 heteroatoms. The summed E-state index contributed by atoms with van der Waals surface area (Å²) >= 11 is 9.20. The average Bonchev–Trinajstić information content (AvgIpc) is 2.37. The Morgan fingerprint density at radius 3 is 2.95 bits per heavy atom. The molecule has 0 aliphatic carbocycles. The summed E-state index contributed by atoms with van der Waals surface area (Å²) in [5.41, 5.74) is 0.845. The van der Waals surface area contributed by atoms with Gasteiger partial charge in [-0.05, 0) is 29.8 Å². The van der Waals surface area contributed by atoms with E-state index >= 15 is 0 Å². The number of anilines is 1. The SMILES string of the molecule is O=C(Cc1cc(Cl)ccc1Br)Nc1ccncc1F. The van der Waals surface area contributed by atoms with Crippen LogP contribution >= 0.6 is 27.5 Å². The van der Waals surface area contributed by atoms with Crippen LogP contribution in [0.3, 0.4) is 0 Å². The zero-order valence-corrected chi connectivity index (χ0v) is 12.0. The fraction of sp³-hybridized carbons (Fsp3) is 0.0769. The molecule has 0 radical (unpaired) electrons. The molecule has 3 nitrogen and oxygen atoms in total. The van der Waals surface area contributed by atoms with Crippen molar-refractivity contribution in [1.82, 2.24) is 4.98 Å². The van der Waals surface area contributed by atoms with Crippen LogP contribution in [0.1, 0.15) is 5.56 Å². The minimum absolute atomic E-state index is 0.100. The minimum Gasteiger partial charge on any atom is -0.323 e. The van der Waals surface area contributed by atoms with Gasteiger partial charge < -0.3 is 5.32 Å². The first-order valence-corrected chi connectivity index (χ1v) is 6.56. The first-order chi connectivity index (χ1) is 9.06. The molecule has 0 aliphatic rings. The summed E-state index contributed by atoms with van der Waals surface area (Å²) in [7, 11) is 0. The molecule has 0 spiro atoms. The van der Waals surface area contributed by atoms with E-state index in [4.69, 9.17) is 11.6 Å². The van der Waals surface area contributed by atoms with Gasteiger partial charge in [0.05, 0.1) is 18.3 Å². The third-order valence-corrected chi connectivity index (χ3v) is 3.41. The number of aromatic nitrogens is 1. The van der Waals surface area contributed by atoms with Gasteiger partial charge in [0.2, 0.25) is 5.91 Å². The van der Waals surface area contributed by atoms with Crippen LogP contribution in [0.25, 0.3) is 0 Å². The number of nitrogens with one attached hydrogen (secondary N) is 1. The van der Waals surface area contributed by atoms with Crippen LogP contribution in [0, 0.1) is 5.82 Å². The van der Waals surface area contributed by atoms with E-state index in [0.717, 1.165) is 16.2 Å². The van der Waals surface area contributed by atoms with E-state index in [9.17, 15) is 9.18 Å². The van der Waals surface area contributed by atoms with Gasteiger partial charge in [-0.15, -0.1) is 0 Å². The lowest BCUT2D eigenvalue weighted by Crippen LogP contribution is -2.15. The summed E-state index contributed by atoms with van der Waals surface area (Å²) in [6, 6.07) is 6.57. The van der Waals surface area contributed by atoms with Crippen LogP contribution in [0.5, 0.6) is 0 Å². The first kappa shape index (κ1) is 14.0. The number of pyridine rings is 1. The monoisotopic (exact) mass is 342 g/mol. The molecule has 1 aromatic heterocycles. The zero-order valence-electron chi connectivity index (χ0n) is 9.66. The molecule has 1 N–H and O–H groups in total. The normalized spacial score (nSPS) is 10.3. The molecule has 0 atom stereocenters. The van der Waals surface area contributed by atoms with Crippen molar-refractivity contribution in [3.63, 3.8) is 0 Å². The van der Waals surface area contributed by atoms with E-state index in [1.54, 1.807) is 18.2 Å². The molecule has 98 valence electrons. The van der Waals surface area contributed by atoms with Gasteiger partial charge in [0.1, 0.15) is 0 Å². The highest BCUT2D eigenvalue weighted by atomic mass is 79.9. The van der Waals surface area contributed by atoms with Crippen molar-refractivity contribution in [3.8, 4) is 0 Å². The number of amides is 1. The lowest BCUT2D eigenvalue weighted by Gasteiger charge is -2.07. The fourth-order valence-corrected chi connectivity index (χ4v) is 2.10. The van der Waals surface area contributed by atoms with Crippen LogP contribution in [0.2, 0.25) is 5.02 Å². The second-order valence-electron chi connectivity index (χ2n) is 3.82. The molecule has 1 aromatic carbocycles. The van der Waals surface area contributed by atoms with Crippen LogP contribution in [-0.4, -0.2) is 10.9 Å². The third kappa shape index (κ3) is 3.75. The van der Waals surface area contributed by atoms with Gasteiger partial charge in [-0.2, -0.15) is 0 Å². The van der Waals surface area contributed by atoms with Crippen molar-refractivity contribution in [3.05, 3.63) is 57.5 Å². The minimum atomic E-state index is -0.569. The van der Waals surface area contributed by atoms with Crippen molar-refractivity contribution in [2.75, 3.05) is 5.32 Å². The van der Waals surface area contributed by atoms with Crippen molar-refractivity contribution in [1.29, 1.82) is 0 Å². The van der Waals surface area contributed by atoms with E-state index < -0.39 is 5.82 Å². The number of nitrogens with zero attached hydrogens (tertiary/aromatic N) is 1. The number of hydrogen-bond acceptors (Lipinski definition) is 2. The topological polar surface area (TPSA) is 42.0 Å². The van der Waals surface area contributed by atoms with Crippen LogP contribution in [0.15, 0.2) is 41.1 Å². The van der Waals surface area contributed by atoms with E-state index in [1.165, 1.54) is 12.3 Å². The highest BCUT2D eigenvalue weighted by Crippen LogP contribution is 2.22. The van der Waals surface area contributed by atoms with E-state index in [0.29, 0.717) is 5.02 Å². The molecule has 0 saturated heterocycles. The Balaban J connectivity index is 2.10. The maximum atomic E-state index is 13.3. The van der Waals surface area contributed by atoms with Crippen LogP contribution in [0.4, 0.5) is 10.1 Å². The Bertz CT molecular complexity index is 621. The Morgan fingerprint density at radius 2 is 2.21 bits per heavy atom. The zero-order chi connectivity index (χ0) is 13.8. The molecule has 0 aliphatic heterocycles. The standard InChI is InChI=1S/C13H9BrClFN2O/c14-10-2-1-9(15)5-8(10)6-13(19)18-12-3-4-17-7-11(12)16/h1-5,7H,6H2,(H,17,18,19). The van der Waals surface area contributed by atoms with Crippen molar-refractivity contribution >= 4 is 39.1 Å². The first-order valence-electron chi connectivity index (χ1n) is 5.39. The summed E-state index contributed by atoms with van der Waals surface area (Å²) in [4.78, 5) is 15.4. The summed E-state index contributed by atoms with van der Waals surface area (Å²) in [5, 5.41) is 3.03. The van der Waals surface area contributed by atoms with Gasteiger partial charge in [0, 0.05) is 15.7 Å². The van der Waals surface area contributed by atoms with Gasteiger partial charge in [-0.3, -0.25) is 9.78 Å². The molecule has 2 aromatic rings. The molecule has 19 heavy (non-hydrogen) atoms. The van der Waals surface area contributed by atoms with Gasteiger partial charge >= 0.3 is 0 Å². The number of hydrogen-bond donors (Lipinski definition) is 1. The van der Waals surface area contributed by atoms with Crippen LogP contribution < -0.4 is 5.32 Å². The molecule has 0 fully saturated rings. The highest BCUT2D eigenvalue weighted by molar-refractivity contribution is 9.10. The quantitative estimate of drug-likeness (QED) is 0.920. The second kappa shape index (κ2) is 6.12. The molecular formula is C13H9BrClFN2O. The summed E-state index contributed by atoms with van der Waals surface area (Å²) in [6.45, 7) is 0. The summed E-state index contributed by atoms with van der Waals surface area (Å²) in [6.07, 6.45) is 2.56. The second-order valence-corrected chi connectivity index (χ2v) is 5.11. The van der Waals surface area contributed by atoms with E-state index in [2.05, 4.69) is 26.2 Å². The largest absolute Gasteiger partial charge is 0.323 e. The summed E-state index contributed by atoms with van der Waals surface area (Å²) in [5.74, 6) is -0.894. The summed E-state index contributed by atoms with van der Waals surface area (Å²) < 4.78 is 14.1. The number of carbonyl (C=O) groups excluding carboxylic acids is 1. The molecular weight excluding hydrogens is 335 g/mol. The molecule has 2 rings (SSSR count). The smallest absolute Gasteiger partial charge is 0.228 e. The Morgan fingerprint density at radius 1 is 1.42 bits per heavy atom. The Labute approximate surface area is 122 Å². The number of halogens is 3. The maximum Gasteiger partial charge on any atom is 0.228 e. The molecule has 1 amide bonds. The number of rotatable bonds is 3. The van der Waals surface area contributed by atoms with E-state index in [-0.39, 0.29) is 18.0 Å². The van der Waals surface area contributed by atoms with Gasteiger partial charge in [0.25, 0.3) is 0 Å². The van der Waals surface area contributed by atoms with Crippen molar-refractivity contribution in [2.24, 2.45) is 0 Å². The third-order valence-electron chi connectivity index (χ3n) is 2.41. The Hall–Kier alpha value is -1.46. The molecule has 0 bridgehead atoms. The fourth-order valence-electron chi connectivity index (χ4n) is 1.52. The number of carbonyl (C=O) groups is 1. The lowest BCUT2D eigenvalue weighted by atomic mass is 10.1. The van der Waals surface area contributed by atoms with Gasteiger partial charge in [-0.25, -0.2) is 4.39 Å². The molecule has 0 saturated carbocycles. The van der Waals surface area contributed by atoms with Gasteiger partial charge in [0.15, 0.2) is 5.82 Å². The maximum absolute atomic E-state index is 13.3. The van der Waals surface area contributed by atoms with Crippen molar-refractivity contribution < 1.29 is 9.18 Å². The van der Waals surface area contributed by atoms with Crippen molar-refractivity contribution in [2.45, 2.75) is 6.42 Å². The van der Waals surface area contributed by atoms with Gasteiger partial charge in [-0.1, -0.05) is 27.5 Å². The van der Waals surface area contributed by atoms with E-state index in [1.807, 2.05) is 0 Å². The predicted octanol–water partition coefficient (Wildman–Crippen LogP) is 3.82. The van der Waals surface area contributed by atoms with Crippen LogP contribution in [-0.2, 0) is 11.2 Å². The lowest BCUT2D eigenvalue weighted by molar-refractivity contribution is -0.115. The Kier molecular flexibility index (Phi) is 4.50. The predicted molar refractivity (Wildman–Crippen MR) is 75.7 cm³/mol.